The zero-order chi connectivity index (χ0) is 20.0. The third-order valence-corrected chi connectivity index (χ3v) is 5.25. The van der Waals surface area contributed by atoms with Crippen molar-refractivity contribution in [1.29, 1.82) is 0 Å². The average molecular weight is 388 g/mol. The SMILES string of the molecule is CC(C)[C@H]1CNC(=O)N1c1ccn2ncc(-c3ccc(-c4nc[nH]n4)cc3)c2n1. The molecule has 0 spiro atoms. The molecule has 1 aliphatic rings. The molecule has 5 rings (SSSR count). The van der Waals surface area contributed by atoms with Crippen molar-refractivity contribution >= 4 is 17.5 Å². The summed E-state index contributed by atoms with van der Waals surface area (Å²) in [5.41, 5.74) is 3.51. The zero-order valence-electron chi connectivity index (χ0n) is 16.1. The van der Waals surface area contributed by atoms with Crippen LogP contribution in [0.25, 0.3) is 28.2 Å². The summed E-state index contributed by atoms with van der Waals surface area (Å²) in [6.45, 7) is 4.84. The van der Waals surface area contributed by atoms with E-state index in [2.05, 4.69) is 39.4 Å². The summed E-state index contributed by atoms with van der Waals surface area (Å²) < 4.78 is 1.72. The highest BCUT2D eigenvalue weighted by Gasteiger charge is 2.35. The molecule has 1 aromatic carbocycles. The Morgan fingerprint density at radius 1 is 1.14 bits per heavy atom. The van der Waals surface area contributed by atoms with E-state index in [0.717, 1.165) is 16.7 Å². The number of rotatable bonds is 4. The van der Waals surface area contributed by atoms with E-state index in [0.29, 0.717) is 29.8 Å². The van der Waals surface area contributed by atoms with Gasteiger partial charge >= 0.3 is 6.03 Å². The number of anilines is 1. The maximum atomic E-state index is 12.4. The lowest BCUT2D eigenvalue weighted by molar-refractivity contribution is 0.251. The molecule has 0 aliphatic carbocycles. The minimum Gasteiger partial charge on any atom is -0.336 e. The van der Waals surface area contributed by atoms with Gasteiger partial charge in [0.15, 0.2) is 11.5 Å². The number of urea groups is 1. The van der Waals surface area contributed by atoms with Gasteiger partial charge in [0, 0.05) is 23.9 Å². The summed E-state index contributed by atoms with van der Waals surface area (Å²) in [5.74, 6) is 1.60. The smallest absolute Gasteiger partial charge is 0.323 e. The predicted molar refractivity (Wildman–Crippen MR) is 108 cm³/mol. The zero-order valence-corrected chi connectivity index (χ0v) is 16.1. The fraction of sp³-hybridized carbons (Fsp3) is 0.250. The quantitative estimate of drug-likeness (QED) is 0.559. The summed E-state index contributed by atoms with van der Waals surface area (Å²) in [6.07, 6.45) is 5.18. The lowest BCUT2D eigenvalue weighted by atomic mass is 10.0. The molecule has 2 N–H and O–H groups in total. The lowest BCUT2D eigenvalue weighted by Gasteiger charge is -2.25. The largest absolute Gasteiger partial charge is 0.336 e. The number of hydrogen-bond acceptors (Lipinski definition) is 5. The van der Waals surface area contributed by atoms with Crippen LogP contribution in [-0.2, 0) is 0 Å². The van der Waals surface area contributed by atoms with Crippen LogP contribution in [0, 0.1) is 5.92 Å². The third kappa shape index (κ3) is 2.91. The summed E-state index contributed by atoms with van der Waals surface area (Å²) in [5, 5.41) is 14.2. The highest BCUT2D eigenvalue weighted by atomic mass is 16.2. The monoisotopic (exact) mass is 388 g/mol. The number of benzene rings is 1. The number of amides is 2. The first-order chi connectivity index (χ1) is 14.1. The van der Waals surface area contributed by atoms with E-state index in [4.69, 9.17) is 4.98 Å². The molecular formula is C20H20N8O. The first-order valence-electron chi connectivity index (χ1n) is 9.50. The predicted octanol–water partition coefficient (Wildman–Crippen LogP) is 2.74. The Bertz CT molecular complexity index is 1160. The summed E-state index contributed by atoms with van der Waals surface area (Å²) in [4.78, 5) is 23.1. The number of carbonyl (C=O) groups is 1. The Kier molecular flexibility index (Phi) is 4.01. The van der Waals surface area contributed by atoms with Crippen molar-refractivity contribution < 1.29 is 4.79 Å². The van der Waals surface area contributed by atoms with E-state index in [1.54, 1.807) is 21.9 Å². The highest BCUT2D eigenvalue weighted by Crippen LogP contribution is 2.28. The molecular weight excluding hydrogens is 368 g/mol. The third-order valence-electron chi connectivity index (χ3n) is 5.25. The van der Waals surface area contributed by atoms with Gasteiger partial charge in [0.1, 0.15) is 12.1 Å². The molecule has 9 nitrogen and oxygen atoms in total. The standard InChI is InChI=1S/C20H20N8O/c1-12(2)16-10-21-20(29)28(16)17-7-8-27-19(25-17)15(9-24-27)13-3-5-14(6-4-13)18-22-11-23-26-18/h3-9,11-12,16H,10H2,1-2H3,(H,21,29)(H,22,23,26)/t16-/m1/s1. The van der Waals surface area contributed by atoms with Crippen LogP contribution in [0.3, 0.4) is 0 Å². The van der Waals surface area contributed by atoms with Gasteiger partial charge in [0.05, 0.1) is 12.2 Å². The Morgan fingerprint density at radius 2 is 1.93 bits per heavy atom. The van der Waals surface area contributed by atoms with Crippen molar-refractivity contribution in [3.8, 4) is 22.5 Å². The first kappa shape index (κ1) is 17.4. The van der Waals surface area contributed by atoms with Gasteiger partial charge in [-0.05, 0) is 17.5 Å². The normalized spacial score (nSPS) is 16.7. The Hall–Kier alpha value is -3.75. The number of fused-ring (bicyclic) bond motifs is 1. The Labute approximate surface area is 166 Å². The van der Waals surface area contributed by atoms with Crippen LogP contribution < -0.4 is 10.2 Å². The second kappa shape index (κ2) is 6.69. The number of hydrogen-bond donors (Lipinski definition) is 2. The molecule has 0 bridgehead atoms. The van der Waals surface area contributed by atoms with E-state index in [1.807, 2.05) is 36.5 Å². The van der Waals surface area contributed by atoms with Crippen LogP contribution in [0.15, 0.2) is 49.1 Å². The van der Waals surface area contributed by atoms with Crippen molar-refractivity contribution in [2.45, 2.75) is 19.9 Å². The number of H-pyrrole nitrogens is 1. The minimum absolute atomic E-state index is 0.0736. The second-order valence-electron chi connectivity index (χ2n) is 7.38. The highest BCUT2D eigenvalue weighted by molar-refractivity contribution is 5.94. The molecule has 0 radical (unpaired) electrons. The molecule has 4 aromatic rings. The van der Waals surface area contributed by atoms with E-state index in [9.17, 15) is 4.79 Å². The van der Waals surface area contributed by atoms with Crippen LogP contribution in [-0.4, -0.2) is 48.4 Å². The summed E-state index contributed by atoms with van der Waals surface area (Å²) in [7, 11) is 0. The van der Waals surface area contributed by atoms with Gasteiger partial charge < -0.3 is 5.32 Å². The molecule has 4 heterocycles. The number of nitrogens with one attached hydrogen (secondary N) is 2. The van der Waals surface area contributed by atoms with E-state index >= 15 is 0 Å². The maximum absolute atomic E-state index is 12.4. The molecule has 1 atom stereocenters. The number of nitrogens with zero attached hydrogens (tertiary/aromatic N) is 6. The molecule has 29 heavy (non-hydrogen) atoms. The lowest BCUT2D eigenvalue weighted by Crippen LogP contribution is -2.38. The van der Waals surface area contributed by atoms with Gasteiger partial charge in [-0.2, -0.15) is 10.2 Å². The van der Waals surface area contributed by atoms with Gasteiger partial charge in [-0.1, -0.05) is 38.1 Å². The maximum Gasteiger partial charge on any atom is 0.323 e. The molecule has 1 fully saturated rings. The fourth-order valence-corrected chi connectivity index (χ4v) is 3.67. The van der Waals surface area contributed by atoms with Gasteiger partial charge in [0.2, 0.25) is 0 Å². The second-order valence-corrected chi connectivity index (χ2v) is 7.38. The molecule has 146 valence electrons. The van der Waals surface area contributed by atoms with Crippen molar-refractivity contribution in [2.75, 3.05) is 11.4 Å². The number of aromatic amines is 1. The van der Waals surface area contributed by atoms with E-state index in [-0.39, 0.29) is 12.1 Å². The van der Waals surface area contributed by atoms with Crippen LogP contribution in [0.4, 0.5) is 10.6 Å². The first-order valence-corrected chi connectivity index (χ1v) is 9.50. The topological polar surface area (TPSA) is 104 Å². The van der Waals surface area contributed by atoms with Crippen molar-refractivity contribution in [3.05, 3.63) is 49.1 Å². The van der Waals surface area contributed by atoms with Crippen molar-refractivity contribution in [2.24, 2.45) is 5.92 Å². The van der Waals surface area contributed by atoms with Gasteiger partial charge in [-0.25, -0.2) is 19.3 Å². The minimum atomic E-state index is -0.113. The molecule has 3 aromatic heterocycles. The van der Waals surface area contributed by atoms with Crippen LogP contribution >= 0.6 is 0 Å². The summed E-state index contributed by atoms with van der Waals surface area (Å²) in [6, 6.07) is 9.72. The molecule has 0 saturated carbocycles. The fourth-order valence-electron chi connectivity index (χ4n) is 3.67. The van der Waals surface area contributed by atoms with E-state index in [1.165, 1.54) is 0 Å². The van der Waals surface area contributed by atoms with Crippen LogP contribution in [0.1, 0.15) is 13.8 Å². The van der Waals surface area contributed by atoms with Gasteiger partial charge in [-0.3, -0.25) is 10.00 Å². The Morgan fingerprint density at radius 3 is 2.66 bits per heavy atom. The molecule has 1 aliphatic heterocycles. The van der Waals surface area contributed by atoms with Crippen LogP contribution in [0.2, 0.25) is 0 Å². The van der Waals surface area contributed by atoms with Crippen LogP contribution in [0.5, 0.6) is 0 Å². The number of carbonyl (C=O) groups excluding carboxylic acids is 1. The molecule has 0 unspecified atom stereocenters. The van der Waals surface area contributed by atoms with Gasteiger partial charge in [-0.15, -0.1) is 0 Å². The van der Waals surface area contributed by atoms with Crippen molar-refractivity contribution in [3.63, 3.8) is 0 Å². The average Bonchev–Trinajstić information content (AvgIpc) is 3.47. The van der Waals surface area contributed by atoms with Gasteiger partial charge in [0.25, 0.3) is 0 Å². The number of aromatic nitrogens is 6. The molecule has 2 amide bonds. The molecule has 1 saturated heterocycles. The Balaban J connectivity index is 1.54. The van der Waals surface area contributed by atoms with Crippen molar-refractivity contribution in [1.82, 2.24) is 35.1 Å². The summed E-state index contributed by atoms with van der Waals surface area (Å²) >= 11 is 0. The molecule has 9 heteroatoms. The van der Waals surface area contributed by atoms with E-state index < -0.39 is 0 Å².